The summed E-state index contributed by atoms with van der Waals surface area (Å²) in [6.45, 7) is 4.41. The summed E-state index contributed by atoms with van der Waals surface area (Å²) >= 11 is 0. The maximum Gasteiger partial charge on any atom is 0.308 e. The Morgan fingerprint density at radius 1 is 0.857 bits per heavy atom. The first-order valence-electron chi connectivity index (χ1n) is 7.55. The number of ether oxygens (including phenoxy) is 2. The number of carboxylic acid groups (broad SMARTS) is 1. The first-order valence-corrected chi connectivity index (χ1v) is 7.55. The fourth-order valence-corrected chi connectivity index (χ4v) is 2.55. The quantitative estimate of drug-likeness (QED) is 0.723. The monoisotopic (exact) mass is 300 g/mol. The topological polar surface area (TPSA) is 89.9 Å². The van der Waals surface area contributed by atoms with Crippen LogP contribution in [0.3, 0.4) is 0 Å². The van der Waals surface area contributed by atoms with Gasteiger partial charge in [0.1, 0.15) is 0 Å². The van der Waals surface area contributed by atoms with Crippen LogP contribution >= 0.6 is 0 Å². The van der Waals surface area contributed by atoms with Crippen molar-refractivity contribution in [2.24, 2.45) is 17.8 Å². The predicted molar refractivity (Wildman–Crippen MR) is 74.5 cm³/mol. The smallest absolute Gasteiger partial charge is 0.308 e. The van der Waals surface area contributed by atoms with Crippen molar-refractivity contribution < 1.29 is 29.0 Å². The third-order valence-electron chi connectivity index (χ3n) is 3.62. The molecule has 21 heavy (non-hydrogen) atoms. The molecule has 0 bridgehead atoms. The van der Waals surface area contributed by atoms with Gasteiger partial charge in [0.2, 0.25) is 0 Å². The number of hydrogen-bond acceptors (Lipinski definition) is 5. The zero-order valence-corrected chi connectivity index (χ0v) is 12.7. The van der Waals surface area contributed by atoms with Gasteiger partial charge in [-0.05, 0) is 32.1 Å². The number of rotatable bonds is 7. The average molecular weight is 300 g/mol. The second-order valence-electron chi connectivity index (χ2n) is 5.47. The molecule has 6 heteroatoms. The van der Waals surface area contributed by atoms with E-state index in [0.29, 0.717) is 32.5 Å². The molecule has 1 N–H and O–H groups in total. The van der Waals surface area contributed by atoms with E-state index in [2.05, 4.69) is 0 Å². The molecule has 6 nitrogen and oxygen atoms in total. The fourth-order valence-electron chi connectivity index (χ4n) is 2.55. The Kier molecular flexibility index (Phi) is 7.19. The average Bonchev–Trinajstić information content (AvgIpc) is 2.49. The lowest BCUT2D eigenvalue weighted by molar-refractivity contribution is -0.159. The van der Waals surface area contributed by atoms with Gasteiger partial charge < -0.3 is 14.6 Å². The Balaban J connectivity index is 2.70. The van der Waals surface area contributed by atoms with Crippen LogP contribution in [0.5, 0.6) is 0 Å². The van der Waals surface area contributed by atoms with Crippen LogP contribution in [-0.2, 0) is 23.9 Å². The van der Waals surface area contributed by atoms with Crippen LogP contribution in [0.15, 0.2) is 0 Å². The van der Waals surface area contributed by atoms with Gasteiger partial charge in [-0.3, -0.25) is 14.4 Å². The maximum atomic E-state index is 11.9. The van der Waals surface area contributed by atoms with E-state index in [9.17, 15) is 19.5 Å². The molecule has 1 aliphatic carbocycles. The lowest BCUT2D eigenvalue weighted by Crippen LogP contribution is -2.36. The summed E-state index contributed by atoms with van der Waals surface area (Å²) in [5.41, 5.74) is 0. The first-order chi connectivity index (χ1) is 9.99. The number of aliphatic carboxylic acids is 1. The maximum absolute atomic E-state index is 11.9. The van der Waals surface area contributed by atoms with Gasteiger partial charge in [0.05, 0.1) is 31.0 Å². The van der Waals surface area contributed by atoms with E-state index in [4.69, 9.17) is 9.47 Å². The molecule has 0 radical (unpaired) electrons. The molecule has 2 atom stereocenters. The Hall–Kier alpha value is -1.59. The van der Waals surface area contributed by atoms with E-state index in [1.165, 1.54) is 0 Å². The van der Waals surface area contributed by atoms with Gasteiger partial charge in [0, 0.05) is 0 Å². The summed E-state index contributed by atoms with van der Waals surface area (Å²) in [7, 11) is 0. The van der Waals surface area contributed by atoms with Gasteiger partial charge in [0.25, 0.3) is 0 Å². The minimum atomic E-state index is -0.976. The highest BCUT2D eigenvalue weighted by Crippen LogP contribution is 2.35. The van der Waals surface area contributed by atoms with Crippen molar-refractivity contribution in [3.8, 4) is 0 Å². The summed E-state index contributed by atoms with van der Waals surface area (Å²) in [5.74, 6) is -3.56. The van der Waals surface area contributed by atoms with E-state index >= 15 is 0 Å². The van der Waals surface area contributed by atoms with Gasteiger partial charge in [-0.2, -0.15) is 0 Å². The van der Waals surface area contributed by atoms with Crippen LogP contribution in [0.2, 0.25) is 0 Å². The number of esters is 2. The molecule has 0 aromatic heterocycles. The van der Waals surface area contributed by atoms with E-state index in [-0.39, 0.29) is 12.8 Å². The van der Waals surface area contributed by atoms with Crippen LogP contribution in [0, 0.1) is 17.8 Å². The van der Waals surface area contributed by atoms with Gasteiger partial charge in [0.15, 0.2) is 0 Å². The predicted octanol–water partition coefficient (Wildman–Crippen LogP) is 2.01. The highest BCUT2D eigenvalue weighted by molar-refractivity contribution is 5.79. The van der Waals surface area contributed by atoms with Crippen molar-refractivity contribution in [3.63, 3.8) is 0 Å². The number of carbonyl (C=O) groups excluding carboxylic acids is 2. The Labute approximate surface area is 124 Å². The second-order valence-corrected chi connectivity index (χ2v) is 5.47. The van der Waals surface area contributed by atoms with Gasteiger partial charge in [-0.15, -0.1) is 0 Å². The lowest BCUT2D eigenvalue weighted by atomic mass is 9.75. The Morgan fingerprint density at radius 3 is 1.57 bits per heavy atom. The zero-order valence-electron chi connectivity index (χ0n) is 12.7. The van der Waals surface area contributed by atoms with Crippen molar-refractivity contribution in [1.82, 2.24) is 0 Å². The fraction of sp³-hybridized carbons (Fsp3) is 0.800. The number of hydrogen-bond donors (Lipinski definition) is 1. The molecule has 0 amide bonds. The molecule has 1 fully saturated rings. The summed E-state index contributed by atoms with van der Waals surface area (Å²) in [4.78, 5) is 35.1. The lowest BCUT2D eigenvalue weighted by Gasteiger charge is -2.30. The molecule has 120 valence electrons. The molecular weight excluding hydrogens is 276 g/mol. The molecule has 2 unspecified atom stereocenters. The molecule has 0 saturated heterocycles. The molecule has 0 heterocycles. The van der Waals surface area contributed by atoms with E-state index < -0.39 is 35.7 Å². The molecule has 0 aromatic carbocycles. The summed E-state index contributed by atoms with van der Waals surface area (Å²) in [6, 6.07) is 0. The summed E-state index contributed by atoms with van der Waals surface area (Å²) in [6.07, 6.45) is 2.20. The van der Waals surface area contributed by atoms with Crippen molar-refractivity contribution >= 4 is 17.9 Å². The van der Waals surface area contributed by atoms with Crippen LogP contribution in [0.1, 0.15) is 46.0 Å². The molecule has 0 spiro atoms. The van der Waals surface area contributed by atoms with Crippen LogP contribution < -0.4 is 0 Å². The molecule has 1 aliphatic rings. The third kappa shape index (κ3) is 5.36. The largest absolute Gasteiger partial charge is 0.481 e. The van der Waals surface area contributed by atoms with Crippen molar-refractivity contribution in [2.45, 2.75) is 46.0 Å². The SMILES string of the molecule is CCCOC(=O)C1CC(C(=O)O)CC(C(=O)OCCC)C1. The van der Waals surface area contributed by atoms with Crippen LogP contribution in [-0.4, -0.2) is 36.2 Å². The van der Waals surface area contributed by atoms with Gasteiger partial charge in [-0.1, -0.05) is 13.8 Å². The van der Waals surface area contributed by atoms with Crippen molar-refractivity contribution in [3.05, 3.63) is 0 Å². The Bertz CT molecular complexity index is 350. The van der Waals surface area contributed by atoms with Crippen molar-refractivity contribution in [2.75, 3.05) is 13.2 Å². The molecule has 0 aliphatic heterocycles. The van der Waals surface area contributed by atoms with E-state index in [0.717, 1.165) is 0 Å². The minimum Gasteiger partial charge on any atom is -0.481 e. The summed E-state index contributed by atoms with van der Waals surface area (Å²) < 4.78 is 10.2. The van der Waals surface area contributed by atoms with E-state index in [1.807, 2.05) is 13.8 Å². The normalized spacial score (nSPS) is 25.1. The van der Waals surface area contributed by atoms with Gasteiger partial charge >= 0.3 is 17.9 Å². The third-order valence-corrected chi connectivity index (χ3v) is 3.62. The molecule has 1 saturated carbocycles. The van der Waals surface area contributed by atoms with Gasteiger partial charge in [-0.25, -0.2) is 0 Å². The zero-order chi connectivity index (χ0) is 15.8. The first kappa shape index (κ1) is 17.5. The standard InChI is InChI=1S/C15H24O6/c1-3-5-20-14(18)11-7-10(13(16)17)8-12(9-11)15(19)21-6-4-2/h10-12H,3-9H2,1-2H3,(H,16,17). The second kappa shape index (κ2) is 8.64. The van der Waals surface area contributed by atoms with Crippen LogP contribution in [0.25, 0.3) is 0 Å². The van der Waals surface area contributed by atoms with Crippen molar-refractivity contribution in [1.29, 1.82) is 0 Å². The number of carboxylic acids is 1. The highest BCUT2D eigenvalue weighted by atomic mass is 16.5. The van der Waals surface area contributed by atoms with E-state index in [1.54, 1.807) is 0 Å². The molecule has 1 rings (SSSR count). The highest BCUT2D eigenvalue weighted by Gasteiger charge is 2.40. The summed E-state index contributed by atoms with van der Waals surface area (Å²) in [5, 5.41) is 9.19. The molecular formula is C15H24O6. The Morgan fingerprint density at radius 2 is 1.24 bits per heavy atom. The van der Waals surface area contributed by atoms with Crippen LogP contribution in [0.4, 0.5) is 0 Å². The molecule has 0 aromatic rings. The minimum absolute atomic E-state index is 0.232. The number of carbonyl (C=O) groups is 3.